The fourth-order valence-corrected chi connectivity index (χ4v) is 6.10. The third kappa shape index (κ3) is 3.78. The first-order valence-electron chi connectivity index (χ1n) is 10.7. The van der Waals surface area contributed by atoms with Gasteiger partial charge in [-0.2, -0.15) is 0 Å². The number of carbonyl (C=O) groups is 1. The van der Waals surface area contributed by atoms with E-state index in [1.807, 2.05) is 18.2 Å². The molecule has 2 fully saturated rings. The van der Waals surface area contributed by atoms with Crippen molar-refractivity contribution in [3.05, 3.63) is 53.1 Å². The average Bonchev–Trinajstić information content (AvgIpc) is 3.40. The second-order valence-electron chi connectivity index (χ2n) is 8.59. The lowest BCUT2D eigenvalue weighted by atomic mass is 9.99. The standard InChI is InChI=1S/C23H26N2O5S/c1-29-23(26)21-19(7-6-17-18-11-16(18)13-30-22(17)21)25-31(27,28)20-5-3-2-4-15(20)10-14-8-9-24-12-14/h2-7,14,16,18,24-25H,8-13H2,1H3/t14-,16-,18-/m0/s1. The number of nitrogens with one attached hydrogen (secondary N) is 2. The number of sulfonamides is 1. The lowest BCUT2D eigenvalue weighted by Crippen LogP contribution is -2.21. The number of rotatable bonds is 6. The van der Waals surface area contributed by atoms with Crippen LogP contribution >= 0.6 is 0 Å². The SMILES string of the molecule is COC(=O)c1c(NS(=O)(=O)c2ccccc2C[C@@H]2CCNC2)ccc2c1OC[C@@H]1C[C@H]21. The van der Waals surface area contributed by atoms with Gasteiger partial charge >= 0.3 is 5.97 Å². The number of hydrogen-bond acceptors (Lipinski definition) is 6. The van der Waals surface area contributed by atoms with E-state index in [4.69, 9.17) is 9.47 Å². The van der Waals surface area contributed by atoms with Gasteiger partial charge in [-0.15, -0.1) is 0 Å². The molecule has 2 N–H and O–H groups in total. The molecule has 2 aliphatic heterocycles. The Kier molecular flexibility index (Phi) is 5.14. The molecule has 0 amide bonds. The molecule has 1 saturated heterocycles. The minimum Gasteiger partial charge on any atom is -0.492 e. The molecule has 2 aromatic carbocycles. The van der Waals surface area contributed by atoms with E-state index in [-0.39, 0.29) is 16.1 Å². The summed E-state index contributed by atoms with van der Waals surface area (Å²) >= 11 is 0. The van der Waals surface area contributed by atoms with E-state index in [1.54, 1.807) is 18.2 Å². The number of anilines is 1. The van der Waals surface area contributed by atoms with Crippen molar-refractivity contribution in [2.45, 2.75) is 30.1 Å². The molecule has 2 aromatic rings. The number of benzene rings is 2. The van der Waals surface area contributed by atoms with Crippen molar-refractivity contribution in [2.75, 3.05) is 31.5 Å². The molecule has 0 bridgehead atoms. The highest BCUT2D eigenvalue weighted by atomic mass is 32.2. The molecule has 1 aliphatic carbocycles. The van der Waals surface area contributed by atoms with Crippen molar-refractivity contribution >= 4 is 21.7 Å². The van der Waals surface area contributed by atoms with E-state index in [1.165, 1.54) is 7.11 Å². The summed E-state index contributed by atoms with van der Waals surface area (Å²) in [6, 6.07) is 10.6. The van der Waals surface area contributed by atoms with E-state index < -0.39 is 16.0 Å². The van der Waals surface area contributed by atoms with Crippen LogP contribution in [0.2, 0.25) is 0 Å². The molecule has 164 valence electrons. The molecule has 8 heteroatoms. The first-order chi connectivity index (χ1) is 15.0. The lowest BCUT2D eigenvalue weighted by Gasteiger charge is -2.22. The van der Waals surface area contributed by atoms with Crippen LogP contribution in [0.25, 0.3) is 0 Å². The zero-order chi connectivity index (χ0) is 21.6. The molecule has 1 saturated carbocycles. The predicted molar refractivity (Wildman–Crippen MR) is 116 cm³/mol. The molecule has 0 unspecified atom stereocenters. The maximum absolute atomic E-state index is 13.4. The smallest absolute Gasteiger partial charge is 0.343 e. The Bertz CT molecular complexity index is 1120. The van der Waals surface area contributed by atoms with E-state index >= 15 is 0 Å². The lowest BCUT2D eigenvalue weighted by molar-refractivity contribution is 0.0596. The Morgan fingerprint density at radius 2 is 2.10 bits per heavy atom. The van der Waals surface area contributed by atoms with Gasteiger partial charge in [0.15, 0.2) is 0 Å². The largest absolute Gasteiger partial charge is 0.492 e. The molecular weight excluding hydrogens is 416 g/mol. The number of methoxy groups -OCH3 is 1. The van der Waals surface area contributed by atoms with Crippen LogP contribution in [0.1, 0.15) is 40.2 Å². The number of fused-ring (bicyclic) bond motifs is 3. The predicted octanol–water partition coefficient (Wildman–Crippen LogP) is 2.92. The molecule has 7 nitrogen and oxygen atoms in total. The summed E-state index contributed by atoms with van der Waals surface area (Å²) in [6.45, 7) is 2.38. The van der Waals surface area contributed by atoms with Gasteiger partial charge in [0.25, 0.3) is 10.0 Å². The normalized spacial score (nSPS) is 24.0. The molecule has 0 spiro atoms. The van der Waals surface area contributed by atoms with Gasteiger partial charge in [-0.25, -0.2) is 13.2 Å². The minimum absolute atomic E-state index is 0.145. The number of esters is 1. The fourth-order valence-electron chi connectivity index (χ4n) is 4.77. The summed E-state index contributed by atoms with van der Waals surface area (Å²) in [5, 5.41) is 3.32. The van der Waals surface area contributed by atoms with Gasteiger partial charge in [0.2, 0.25) is 0 Å². The fraction of sp³-hybridized carbons (Fsp3) is 0.435. The summed E-state index contributed by atoms with van der Waals surface area (Å²) in [5.41, 5.74) is 2.06. The van der Waals surface area contributed by atoms with Crippen LogP contribution in [0.15, 0.2) is 41.3 Å². The third-order valence-corrected chi connectivity index (χ3v) is 7.98. The molecule has 0 radical (unpaired) electrons. The maximum atomic E-state index is 13.4. The van der Waals surface area contributed by atoms with Crippen molar-refractivity contribution in [3.63, 3.8) is 0 Å². The maximum Gasteiger partial charge on any atom is 0.343 e. The monoisotopic (exact) mass is 442 g/mol. The summed E-state index contributed by atoms with van der Waals surface area (Å²) in [7, 11) is -2.63. The van der Waals surface area contributed by atoms with Gasteiger partial charge < -0.3 is 14.8 Å². The van der Waals surface area contributed by atoms with E-state index in [2.05, 4.69) is 10.0 Å². The van der Waals surface area contributed by atoms with Gasteiger partial charge in [0.05, 0.1) is 24.3 Å². The number of carbonyl (C=O) groups excluding carboxylic acids is 1. The highest BCUT2D eigenvalue weighted by Gasteiger charge is 2.45. The molecule has 3 aliphatic rings. The second-order valence-corrected chi connectivity index (χ2v) is 10.2. The Labute approximate surface area is 182 Å². The van der Waals surface area contributed by atoms with E-state index in [9.17, 15) is 13.2 Å². The zero-order valence-electron chi connectivity index (χ0n) is 17.4. The molecular formula is C23H26N2O5S. The summed E-state index contributed by atoms with van der Waals surface area (Å²) in [4.78, 5) is 12.8. The van der Waals surface area contributed by atoms with Crippen molar-refractivity contribution in [1.82, 2.24) is 5.32 Å². The Morgan fingerprint density at radius 1 is 1.26 bits per heavy atom. The Balaban J connectivity index is 1.50. The van der Waals surface area contributed by atoms with Crippen LogP contribution in [0, 0.1) is 11.8 Å². The van der Waals surface area contributed by atoms with E-state index in [0.29, 0.717) is 36.5 Å². The van der Waals surface area contributed by atoms with Gasteiger partial charge in [0.1, 0.15) is 11.3 Å². The Morgan fingerprint density at radius 3 is 2.87 bits per heavy atom. The average molecular weight is 443 g/mol. The quantitative estimate of drug-likeness (QED) is 0.668. The Hall–Kier alpha value is -2.58. The van der Waals surface area contributed by atoms with Crippen molar-refractivity contribution in [3.8, 4) is 5.75 Å². The van der Waals surface area contributed by atoms with Crippen LogP contribution in [0.5, 0.6) is 5.75 Å². The summed E-state index contributed by atoms with van der Waals surface area (Å²) in [6.07, 6.45) is 2.74. The van der Waals surface area contributed by atoms with Crippen molar-refractivity contribution in [1.29, 1.82) is 0 Å². The van der Waals surface area contributed by atoms with Crippen LogP contribution in [0.4, 0.5) is 5.69 Å². The van der Waals surface area contributed by atoms with Crippen molar-refractivity contribution in [2.24, 2.45) is 11.8 Å². The highest BCUT2D eigenvalue weighted by Crippen LogP contribution is 2.55. The zero-order valence-corrected chi connectivity index (χ0v) is 18.2. The van der Waals surface area contributed by atoms with Gasteiger partial charge in [0, 0.05) is 5.92 Å². The van der Waals surface area contributed by atoms with Crippen LogP contribution < -0.4 is 14.8 Å². The van der Waals surface area contributed by atoms with Gasteiger partial charge in [-0.1, -0.05) is 24.3 Å². The summed E-state index contributed by atoms with van der Waals surface area (Å²) < 4.78 is 40.2. The van der Waals surface area contributed by atoms with Crippen molar-refractivity contribution < 1.29 is 22.7 Å². The van der Waals surface area contributed by atoms with Crippen LogP contribution in [0.3, 0.4) is 0 Å². The van der Waals surface area contributed by atoms with Crippen LogP contribution in [-0.4, -0.2) is 41.2 Å². The second kappa shape index (κ2) is 7.84. The highest BCUT2D eigenvalue weighted by molar-refractivity contribution is 7.92. The molecule has 3 atom stereocenters. The minimum atomic E-state index is -3.91. The molecule has 0 aromatic heterocycles. The molecule has 2 heterocycles. The third-order valence-electron chi connectivity index (χ3n) is 6.52. The first-order valence-corrected chi connectivity index (χ1v) is 12.2. The first kappa shape index (κ1) is 20.3. The molecule has 31 heavy (non-hydrogen) atoms. The molecule has 5 rings (SSSR count). The number of hydrogen-bond donors (Lipinski definition) is 2. The topological polar surface area (TPSA) is 93.7 Å². The van der Waals surface area contributed by atoms with E-state index in [0.717, 1.165) is 37.1 Å². The summed E-state index contributed by atoms with van der Waals surface area (Å²) in [5.74, 6) is 1.09. The number of ether oxygens (including phenoxy) is 2. The van der Waals surface area contributed by atoms with Crippen LogP contribution in [-0.2, 0) is 21.2 Å². The van der Waals surface area contributed by atoms with Gasteiger partial charge in [-0.3, -0.25) is 4.72 Å². The van der Waals surface area contributed by atoms with Gasteiger partial charge in [-0.05, 0) is 67.4 Å².